The van der Waals surface area contributed by atoms with Gasteiger partial charge in [-0.1, -0.05) is 58.3 Å². The molecule has 0 radical (unpaired) electrons. The second kappa shape index (κ2) is 15.6. The van der Waals surface area contributed by atoms with Crippen LogP contribution in [-0.4, -0.2) is 69.1 Å². The lowest BCUT2D eigenvalue weighted by atomic mass is 9.96. The number of aromatic nitrogens is 2. The molecule has 2 heterocycles. The Kier molecular flexibility index (Phi) is 12.8. The van der Waals surface area contributed by atoms with Crippen molar-refractivity contribution >= 4 is 17.8 Å². The van der Waals surface area contributed by atoms with Gasteiger partial charge in [-0.15, -0.1) is 0 Å². The van der Waals surface area contributed by atoms with E-state index in [9.17, 15) is 19.8 Å². The highest BCUT2D eigenvalue weighted by atomic mass is 16.5. The zero-order valence-electron chi connectivity index (χ0n) is 20.4. The first-order valence-corrected chi connectivity index (χ1v) is 12.5. The van der Waals surface area contributed by atoms with Crippen LogP contribution in [0.25, 0.3) is 0 Å². The summed E-state index contributed by atoms with van der Waals surface area (Å²) in [5.74, 6) is -0.369. The lowest BCUT2D eigenvalue weighted by Gasteiger charge is -2.42. The van der Waals surface area contributed by atoms with E-state index in [4.69, 9.17) is 4.74 Å². The lowest BCUT2D eigenvalue weighted by Crippen LogP contribution is -2.64. The van der Waals surface area contributed by atoms with E-state index < -0.39 is 36.5 Å². The Hall–Kier alpha value is -2.30. The van der Waals surface area contributed by atoms with E-state index in [-0.39, 0.29) is 18.4 Å². The standard InChI is InChI=1S/C24H41N5O5/c1-3-4-5-6-7-8-9-10-11-13-18(30)27-16-19(31)28-20-17(2)34-23(22(33)21(20)32)29-24-25-14-12-15-26-24/h12,14-15,17,20-23,32-33H,3-11,13,16H2,1-2H3,(H,27,30)(H,28,31)(H,25,26,29)/t17-,20-,21+,22+,23-/m0/s1. The van der Waals surface area contributed by atoms with Gasteiger partial charge in [0.1, 0.15) is 12.2 Å². The molecule has 1 aliphatic rings. The number of nitrogens with zero attached hydrogens (tertiary/aromatic N) is 2. The molecule has 0 aromatic carbocycles. The van der Waals surface area contributed by atoms with Crippen LogP contribution >= 0.6 is 0 Å². The topological polar surface area (TPSA) is 146 Å². The van der Waals surface area contributed by atoms with Gasteiger partial charge < -0.3 is 30.9 Å². The fourth-order valence-corrected chi connectivity index (χ4v) is 3.99. The molecule has 34 heavy (non-hydrogen) atoms. The van der Waals surface area contributed by atoms with Crippen LogP contribution in [0.2, 0.25) is 0 Å². The van der Waals surface area contributed by atoms with E-state index >= 15 is 0 Å². The number of unbranched alkanes of at least 4 members (excludes halogenated alkanes) is 8. The molecular formula is C24H41N5O5. The molecule has 1 fully saturated rings. The first kappa shape index (κ1) is 27.9. The molecular weight excluding hydrogens is 438 g/mol. The lowest BCUT2D eigenvalue weighted by molar-refractivity contribution is -0.172. The van der Waals surface area contributed by atoms with Crippen molar-refractivity contribution < 1.29 is 24.5 Å². The minimum absolute atomic E-state index is 0.168. The zero-order valence-corrected chi connectivity index (χ0v) is 20.4. The Morgan fingerprint density at radius 1 is 0.941 bits per heavy atom. The third-order valence-electron chi connectivity index (χ3n) is 6.01. The maximum Gasteiger partial charge on any atom is 0.239 e. The molecule has 1 saturated heterocycles. The molecule has 0 spiro atoms. The van der Waals surface area contributed by atoms with E-state index in [0.717, 1.165) is 19.3 Å². The normalized spacial score (nSPS) is 24.4. The van der Waals surface area contributed by atoms with Crippen molar-refractivity contribution in [1.82, 2.24) is 20.6 Å². The van der Waals surface area contributed by atoms with E-state index in [1.165, 1.54) is 50.9 Å². The van der Waals surface area contributed by atoms with Gasteiger partial charge in [0.05, 0.1) is 18.7 Å². The average Bonchev–Trinajstić information content (AvgIpc) is 2.83. The number of ether oxygens (including phenoxy) is 1. The van der Waals surface area contributed by atoms with E-state index in [1.54, 1.807) is 13.0 Å². The summed E-state index contributed by atoms with van der Waals surface area (Å²) in [7, 11) is 0. The summed E-state index contributed by atoms with van der Waals surface area (Å²) in [5, 5.41) is 29.0. The van der Waals surface area contributed by atoms with E-state index in [0.29, 0.717) is 6.42 Å². The van der Waals surface area contributed by atoms with Crippen LogP contribution in [-0.2, 0) is 14.3 Å². The van der Waals surface area contributed by atoms with Crippen LogP contribution < -0.4 is 16.0 Å². The Morgan fingerprint density at radius 2 is 1.56 bits per heavy atom. The number of carbonyl (C=O) groups excluding carboxylic acids is 2. The fraction of sp³-hybridized carbons (Fsp3) is 0.750. The highest BCUT2D eigenvalue weighted by molar-refractivity contribution is 5.84. The maximum absolute atomic E-state index is 12.3. The average molecular weight is 480 g/mol. The number of hydrogen-bond acceptors (Lipinski definition) is 8. The summed E-state index contributed by atoms with van der Waals surface area (Å²) in [4.78, 5) is 32.3. The van der Waals surface area contributed by atoms with Gasteiger partial charge in [-0.05, 0) is 19.4 Å². The summed E-state index contributed by atoms with van der Waals surface area (Å²) < 4.78 is 5.72. The van der Waals surface area contributed by atoms with Gasteiger partial charge in [0, 0.05) is 18.8 Å². The first-order chi connectivity index (χ1) is 16.4. The molecule has 10 nitrogen and oxygen atoms in total. The molecule has 5 N–H and O–H groups in total. The Morgan fingerprint density at radius 3 is 2.21 bits per heavy atom. The number of aliphatic hydroxyl groups is 2. The van der Waals surface area contributed by atoms with Gasteiger partial charge in [0.15, 0.2) is 6.23 Å². The quantitative estimate of drug-likeness (QED) is 0.240. The highest BCUT2D eigenvalue weighted by Gasteiger charge is 2.43. The number of anilines is 1. The van der Waals surface area contributed by atoms with Crippen molar-refractivity contribution in [2.75, 3.05) is 11.9 Å². The van der Waals surface area contributed by atoms with E-state index in [2.05, 4.69) is 32.8 Å². The molecule has 0 aliphatic carbocycles. The summed E-state index contributed by atoms with van der Waals surface area (Å²) in [6, 6.07) is 0.827. The number of rotatable bonds is 15. The monoisotopic (exact) mass is 479 g/mol. The number of nitrogens with one attached hydrogen (secondary N) is 3. The van der Waals surface area contributed by atoms with Gasteiger partial charge in [0.2, 0.25) is 17.8 Å². The minimum Gasteiger partial charge on any atom is -0.388 e. The SMILES string of the molecule is CCCCCCCCCCCC(=O)NCC(=O)N[C@@H]1[C@@H](O)[C@@H](O)[C@@H](Nc2ncccn2)O[C@H]1C. The summed E-state index contributed by atoms with van der Waals surface area (Å²) in [6.45, 7) is 3.70. The molecule has 192 valence electrons. The molecule has 2 amide bonds. The molecule has 0 saturated carbocycles. The molecule has 2 rings (SSSR count). The zero-order chi connectivity index (χ0) is 24.8. The van der Waals surface area contributed by atoms with Crippen molar-refractivity contribution in [3.8, 4) is 0 Å². The molecule has 1 aliphatic heterocycles. The molecule has 0 unspecified atom stereocenters. The maximum atomic E-state index is 12.3. The third-order valence-corrected chi connectivity index (χ3v) is 6.01. The molecule has 1 aromatic heterocycles. The Bertz CT molecular complexity index is 723. The second-order valence-corrected chi connectivity index (χ2v) is 8.91. The third kappa shape index (κ3) is 9.90. The summed E-state index contributed by atoms with van der Waals surface area (Å²) >= 11 is 0. The predicted molar refractivity (Wildman–Crippen MR) is 129 cm³/mol. The van der Waals surface area contributed by atoms with Crippen LogP contribution in [0.5, 0.6) is 0 Å². The van der Waals surface area contributed by atoms with Crippen molar-refractivity contribution in [2.45, 2.75) is 109 Å². The van der Waals surface area contributed by atoms with Gasteiger partial charge in [-0.2, -0.15) is 0 Å². The Labute approximate surface area is 202 Å². The summed E-state index contributed by atoms with van der Waals surface area (Å²) in [5.41, 5.74) is 0. The van der Waals surface area contributed by atoms with Crippen molar-refractivity contribution in [3.63, 3.8) is 0 Å². The van der Waals surface area contributed by atoms with Crippen LogP contribution in [0.15, 0.2) is 18.5 Å². The molecule has 0 bridgehead atoms. The van der Waals surface area contributed by atoms with Crippen molar-refractivity contribution in [2.24, 2.45) is 0 Å². The second-order valence-electron chi connectivity index (χ2n) is 8.91. The van der Waals surface area contributed by atoms with Crippen molar-refractivity contribution in [3.05, 3.63) is 18.5 Å². The largest absolute Gasteiger partial charge is 0.388 e. The van der Waals surface area contributed by atoms with Gasteiger partial charge in [-0.25, -0.2) is 9.97 Å². The number of hydrogen-bond donors (Lipinski definition) is 5. The number of carbonyl (C=O) groups is 2. The smallest absolute Gasteiger partial charge is 0.239 e. The Balaban J connectivity index is 1.62. The van der Waals surface area contributed by atoms with Crippen LogP contribution in [0.1, 0.15) is 78.1 Å². The number of aliphatic hydroxyl groups excluding tert-OH is 2. The molecule has 1 aromatic rings. The summed E-state index contributed by atoms with van der Waals surface area (Å²) in [6.07, 6.45) is 9.93. The molecule has 10 heteroatoms. The van der Waals surface area contributed by atoms with Gasteiger partial charge >= 0.3 is 0 Å². The predicted octanol–water partition coefficient (Wildman–Crippen LogP) is 1.88. The fourth-order valence-electron chi connectivity index (χ4n) is 3.99. The van der Waals surface area contributed by atoms with E-state index in [1.807, 2.05) is 0 Å². The molecule has 5 atom stereocenters. The van der Waals surface area contributed by atoms with Crippen molar-refractivity contribution in [1.29, 1.82) is 0 Å². The van der Waals surface area contributed by atoms with Gasteiger partial charge in [-0.3, -0.25) is 9.59 Å². The highest BCUT2D eigenvalue weighted by Crippen LogP contribution is 2.21. The van der Waals surface area contributed by atoms with Crippen LogP contribution in [0, 0.1) is 0 Å². The van der Waals surface area contributed by atoms with Crippen LogP contribution in [0.3, 0.4) is 0 Å². The van der Waals surface area contributed by atoms with Crippen LogP contribution in [0.4, 0.5) is 5.95 Å². The minimum atomic E-state index is -1.31. The number of amides is 2. The first-order valence-electron chi connectivity index (χ1n) is 12.5. The van der Waals surface area contributed by atoms with Gasteiger partial charge in [0.25, 0.3) is 0 Å².